The number of ether oxygens (including phenoxy) is 1. The lowest BCUT2D eigenvalue weighted by molar-refractivity contribution is -0.122. The minimum absolute atomic E-state index is 0.0669. The number of likely N-dealkylation sites (tertiary alicyclic amines) is 1. The smallest absolute Gasteiger partial charge is 0.224 e. The second kappa shape index (κ2) is 8.62. The Balaban J connectivity index is 1.47. The normalized spacial score (nSPS) is 20.7. The fourth-order valence-corrected chi connectivity index (χ4v) is 3.81. The number of rotatable bonds is 6. The average molecular weight is 375 g/mol. The van der Waals surface area contributed by atoms with Gasteiger partial charge in [-0.2, -0.15) is 0 Å². The van der Waals surface area contributed by atoms with Gasteiger partial charge in [0.15, 0.2) is 0 Å². The van der Waals surface area contributed by atoms with E-state index in [1.807, 2.05) is 31.2 Å². The van der Waals surface area contributed by atoms with Gasteiger partial charge in [-0.15, -0.1) is 11.3 Å². The number of carbonyl (C=O) groups is 1. The molecule has 1 aliphatic rings. The number of β-amino-alcohol motifs (C(OH)–C–C–N with tert-alkyl or cyclic N) is 1. The zero-order valence-corrected chi connectivity index (χ0v) is 16.0. The summed E-state index contributed by atoms with van der Waals surface area (Å²) in [6.07, 6.45) is 0.469. The number of aryl methyl sites for hydroxylation is 1. The summed E-state index contributed by atoms with van der Waals surface area (Å²) >= 11 is 1.64. The van der Waals surface area contributed by atoms with Gasteiger partial charge < -0.3 is 15.2 Å². The van der Waals surface area contributed by atoms with E-state index in [-0.39, 0.29) is 11.9 Å². The SMILES string of the molecule is COc1ccc(CC(=O)N[C@@H]2CCN(Cc3csc(C)n3)C[C@H]2O)cc1. The summed E-state index contributed by atoms with van der Waals surface area (Å²) in [6, 6.07) is 7.25. The summed E-state index contributed by atoms with van der Waals surface area (Å²) in [5.41, 5.74) is 1.97. The number of thiazole rings is 1. The van der Waals surface area contributed by atoms with E-state index in [2.05, 4.69) is 20.6 Å². The van der Waals surface area contributed by atoms with Gasteiger partial charge in [0.1, 0.15) is 5.75 Å². The summed E-state index contributed by atoms with van der Waals surface area (Å²) in [6.45, 7) is 4.12. The maximum absolute atomic E-state index is 12.3. The van der Waals surface area contributed by atoms with Gasteiger partial charge in [0.05, 0.1) is 36.4 Å². The summed E-state index contributed by atoms with van der Waals surface area (Å²) in [5, 5.41) is 16.5. The van der Waals surface area contributed by atoms with E-state index < -0.39 is 6.10 Å². The van der Waals surface area contributed by atoms with Crippen LogP contribution in [0.3, 0.4) is 0 Å². The molecule has 0 spiro atoms. The van der Waals surface area contributed by atoms with Crippen molar-refractivity contribution in [2.45, 2.75) is 38.5 Å². The molecule has 1 aromatic carbocycles. The molecule has 6 nitrogen and oxygen atoms in total. The molecule has 140 valence electrons. The van der Waals surface area contributed by atoms with Gasteiger partial charge >= 0.3 is 0 Å². The third-order valence-corrected chi connectivity index (χ3v) is 5.41. The van der Waals surface area contributed by atoms with Crippen molar-refractivity contribution in [1.82, 2.24) is 15.2 Å². The minimum Gasteiger partial charge on any atom is -0.497 e. The van der Waals surface area contributed by atoms with Crippen LogP contribution in [0.2, 0.25) is 0 Å². The van der Waals surface area contributed by atoms with Crippen molar-refractivity contribution in [1.29, 1.82) is 0 Å². The first kappa shape index (κ1) is 18.8. The number of nitrogens with one attached hydrogen (secondary N) is 1. The Morgan fingerprint density at radius 2 is 2.19 bits per heavy atom. The number of methoxy groups -OCH3 is 1. The summed E-state index contributed by atoms with van der Waals surface area (Å²) in [5.74, 6) is 0.704. The molecule has 26 heavy (non-hydrogen) atoms. The van der Waals surface area contributed by atoms with Crippen LogP contribution in [0.4, 0.5) is 0 Å². The van der Waals surface area contributed by atoms with Crippen LogP contribution in [-0.4, -0.2) is 53.2 Å². The predicted octanol–water partition coefficient (Wildman–Crippen LogP) is 1.75. The molecule has 2 aromatic rings. The Morgan fingerprint density at radius 1 is 1.42 bits per heavy atom. The van der Waals surface area contributed by atoms with E-state index in [0.29, 0.717) is 13.0 Å². The highest BCUT2D eigenvalue weighted by Crippen LogP contribution is 2.17. The largest absolute Gasteiger partial charge is 0.497 e. The zero-order valence-electron chi connectivity index (χ0n) is 15.1. The van der Waals surface area contributed by atoms with Crippen LogP contribution in [0.25, 0.3) is 0 Å². The molecule has 1 aromatic heterocycles. The van der Waals surface area contributed by atoms with Crippen LogP contribution < -0.4 is 10.1 Å². The molecule has 0 bridgehead atoms. The van der Waals surface area contributed by atoms with E-state index in [9.17, 15) is 9.90 Å². The van der Waals surface area contributed by atoms with Crippen molar-refractivity contribution in [3.05, 3.63) is 45.9 Å². The summed E-state index contributed by atoms with van der Waals surface area (Å²) < 4.78 is 5.12. The maximum Gasteiger partial charge on any atom is 0.224 e. The van der Waals surface area contributed by atoms with Crippen LogP contribution in [0.1, 0.15) is 22.7 Å². The average Bonchev–Trinajstić information content (AvgIpc) is 3.03. The molecule has 1 fully saturated rings. The Hall–Kier alpha value is -1.96. The second-order valence-electron chi connectivity index (χ2n) is 6.65. The Labute approximate surface area is 157 Å². The van der Waals surface area contributed by atoms with Crippen LogP contribution in [0, 0.1) is 6.92 Å². The standard InChI is InChI=1S/C19H25N3O3S/c1-13-20-15(12-26-13)10-22-8-7-17(18(23)11-22)21-19(24)9-14-3-5-16(25-2)6-4-14/h3-6,12,17-18,23H,7-11H2,1-2H3,(H,21,24)/t17-,18-/m1/s1. The lowest BCUT2D eigenvalue weighted by atomic mass is 10.0. The van der Waals surface area contributed by atoms with E-state index in [1.165, 1.54) is 0 Å². The molecular weight excluding hydrogens is 350 g/mol. The molecule has 2 N–H and O–H groups in total. The molecule has 1 saturated heterocycles. The predicted molar refractivity (Wildman–Crippen MR) is 101 cm³/mol. The van der Waals surface area contributed by atoms with Crippen molar-refractivity contribution in [2.75, 3.05) is 20.2 Å². The highest BCUT2D eigenvalue weighted by Gasteiger charge is 2.29. The van der Waals surface area contributed by atoms with Crippen LogP contribution >= 0.6 is 11.3 Å². The molecule has 3 rings (SSSR count). The molecule has 1 aliphatic heterocycles. The Kier molecular flexibility index (Phi) is 6.24. The number of aliphatic hydroxyl groups is 1. The molecule has 2 atom stereocenters. The number of amides is 1. The monoisotopic (exact) mass is 375 g/mol. The lowest BCUT2D eigenvalue weighted by Crippen LogP contribution is -2.54. The molecule has 0 radical (unpaired) electrons. The Bertz CT molecular complexity index is 732. The van der Waals surface area contributed by atoms with Gasteiger partial charge in [0, 0.05) is 25.0 Å². The molecular formula is C19H25N3O3S. The number of hydrogen-bond donors (Lipinski definition) is 2. The number of piperidine rings is 1. The van der Waals surface area contributed by atoms with Crippen molar-refractivity contribution in [3.8, 4) is 5.75 Å². The fraction of sp³-hybridized carbons (Fsp3) is 0.474. The van der Waals surface area contributed by atoms with Crippen LogP contribution in [0.5, 0.6) is 5.75 Å². The van der Waals surface area contributed by atoms with Crippen molar-refractivity contribution >= 4 is 17.2 Å². The third kappa shape index (κ3) is 5.03. The molecule has 7 heteroatoms. The number of aromatic nitrogens is 1. The maximum atomic E-state index is 12.3. The lowest BCUT2D eigenvalue weighted by Gasteiger charge is -2.36. The molecule has 0 saturated carbocycles. The van der Waals surface area contributed by atoms with E-state index in [1.54, 1.807) is 18.4 Å². The molecule has 0 aliphatic carbocycles. The zero-order chi connectivity index (χ0) is 18.5. The van der Waals surface area contributed by atoms with Gasteiger partial charge in [-0.3, -0.25) is 9.69 Å². The van der Waals surface area contributed by atoms with Crippen LogP contribution in [-0.2, 0) is 17.8 Å². The number of hydrogen-bond acceptors (Lipinski definition) is 6. The molecule has 0 unspecified atom stereocenters. The second-order valence-corrected chi connectivity index (χ2v) is 7.71. The Morgan fingerprint density at radius 3 is 2.81 bits per heavy atom. The van der Waals surface area contributed by atoms with E-state index in [0.717, 1.165) is 41.5 Å². The quantitative estimate of drug-likeness (QED) is 0.805. The number of nitrogens with zero attached hydrogens (tertiary/aromatic N) is 2. The van der Waals surface area contributed by atoms with E-state index >= 15 is 0 Å². The van der Waals surface area contributed by atoms with Crippen molar-refractivity contribution in [3.63, 3.8) is 0 Å². The topological polar surface area (TPSA) is 74.7 Å². The first-order valence-corrected chi connectivity index (χ1v) is 9.65. The van der Waals surface area contributed by atoms with Gasteiger partial charge in [-0.05, 0) is 31.0 Å². The van der Waals surface area contributed by atoms with Gasteiger partial charge in [0.25, 0.3) is 0 Å². The van der Waals surface area contributed by atoms with Gasteiger partial charge in [0.2, 0.25) is 5.91 Å². The van der Waals surface area contributed by atoms with E-state index in [4.69, 9.17) is 4.74 Å². The first-order chi connectivity index (χ1) is 12.5. The van der Waals surface area contributed by atoms with Crippen LogP contribution in [0.15, 0.2) is 29.6 Å². The highest BCUT2D eigenvalue weighted by molar-refractivity contribution is 7.09. The van der Waals surface area contributed by atoms with Crippen molar-refractivity contribution < 1.29 is 14.6 Å². The number of benzene rings is 1. The summed E-state index contributed by atoms with van der Waals surface area (Å²) in [7, 11) is 1.62. The minimum atomic E-state index is -0.566. The first-order valence-electron chi connectivity index (χ1n) is 8.77. The molecule has 2 heterocycles. The molecule has 1 amide bonds. The van der Waals surface area contributed by atoms with Crippen molar-refractivity contribution in [2.24, 2.45) is 0 Å². The number of carbonyl (C=O) groups excluding carboxylic acids is 1. The van der Waals surface area contributed by atoms with Gasteiger partial charge in [-0.25, -0.2) is 4.98 Å². The summed E-state index contributed by atoms with van der Waals surface area (Å²) in [4.78, 5) is 18.9. The third-order valence-electron chi connectivity index (χ3n) is 4.59. The van der Waals surface area contributed by atoms with Gasteiger partial charge in [-0.1, -0.05) is 12.1 Å². The number of aliphatic hydroxyl groups excluding tert-OH is 1. The highest BCUT2D eigenvalue weighted by atomic mass is 32.1. The fourth-order valence-electron chi connectivity index (χ4n) is 3.21.